The van der Waals surface area contributed by atoms with Gasteiger partial charge in [0.2, 0.25) is 0 Å². The van der Waals surface area contributed by atoms with Crippen molar-refractivity contribution in [3.8, 4) is 5.75 Å². The van der Waals surface area contributed by atoms with E-state index < -0.39 is 0 Å². The smallest absolute Gasteiger partial charge is 0.184 e. The molecule has 0 fully saturated rings. The molecule has 102 valence electrons. The number of hydrogen-bond acceptors (Lipinski definition) is 2. The van der Waals surface area contributed by atoms with Crippen LogP contribution in [0.3, 0.4) is 0 Å². The molecule has 0 aliphatic heterocycles. The maximum Gasteiger partial charge on any atom is 0.184 e. The van der Waals surface area contributed by atoms with Gasteiger partial charge in [-0.25, -0.2) is 0 Å². The van der Waals surface area contributed by atoms with Crippen LogP contribution in [0.4, 0.5) is 0 Å². The summed E-state index contributed by atoms with van der Waals surface area (Å²) in [5.74, 6) is 1.000. The first kappa shape index (κ1) is 13.7. The number of Topliss-reactive ketones (excluding diaryl/α,β-unsaturated/α-hetero) is 1. The summed E-state index contributed by atoms with van der Waals surface area (Å²) >= 11 is 0. The number of rotatable bonds is 4. The van der Waals surface area contributed by atoms with E-state index in [1.165, 1.54) is 0 Å². The standard InChI is InChI=1S/C16H21NO2/c1-6-16(2,3)15(18)14-10-11-9-12(19-5)7-8-13(11)17(14)4/h7-10H,6H2,1-5H3. The Kier molecular flexibility index (Phi) is 3.40. The van der Waals surface area contributed by atoms with E-state index in [1.807, 2.05) is 56.7 Å². The second-order valence-electron chi connectivity index (χ2n) is 5.58. The molecule has 0 aliphatic rings. The van der Waals surface area contributed by atoms with Gasteiger partial charge in [0.05, 0.1) is 12.8 Å². The molecule has 3 heteroatoms. The molecule has 0 saturated carbocycles. The fraction of sp³-hybridized carbons (Fsp3) is 0.438. The third kappa shape index (κ3) is 2.25. The number of carbonyl (C=O) groups is 1. The minimum atomic E-state index is -0.327. The minimum absolute atomic E-state index is 0.188. The summed E-state index contributed by atoms with van der Waals surface area (Å²) in [7, 11) is 3.59. The van der Waals surface area contributed by atoms with Crippen LogP contribution in [0, 0.1) is 5.41 Å². The van der Waals surface area contributed by atoms with E-state index in [4.69, 9.17) is 4.74 Å². The Hall–Kier alpha value is -1.77. The molecule has 0 unspecified atom stereocenters. The lowest BCUT2D eigenvalue weighted by molar-refractivity contribution is 0.0824. The van der Waals surface area contributed by atoms with E-state index >= 15 is 0 Å². The zero-order chi connectivity index (χ0) is 14.2. The first-order valence-corrected chi connectivity index (χ1v) is 6.59. The Labute approximate surface area is 114 Å². The highest BCUT2D eigenvalue weighted by Gasteiger charge is 2.28. The summed E-state index contributed by atoms with van der Waals surface area (Å²) in [4.78, 5) is 12.6. The van der Waals surface area contributed by atoms with Gasteiger partial charge in [-0.2, -0.15) is 0 Å². The zero-order valence-electron chi connectivity index (χ0n) is 12.3. The van der Waals surface area contributed by atoms with Crippen LogP contribution in [0.25, 0.3) is 10.9 Å². The fourth-order valence-corrected chi connectivity index (χ4v) is 2.18. The van der Waals surface area contributed by atoms with Crippen LogP contribution in [0.5, 0.6) is 5.75 Å². The summed E-state index contributed by atoms with van der Waals surface area (Å²) in [6.07, 6.45) is 0.830. The van der Waals surface area contributed by atoms with Crippen LogP contribution in [-0.2, 0) is 7.05 Å². The molecule has 1 aromatic carbocycles. The van der Waals surface area contributed by atoms with Crippen LogP contribution in [0.15, 0.2) is 24.3 Å². The van der Waals surface area contributed by atoms with Crippen LogP contribution in [-0.4, -0.2) is 17.5 Å². The maximum absolute atomic E-state index is 12.6. The first-order valence-electron chi connectivity index (χ1n) is 6.59. The van der Waals surface area contributed by atoms with Gasteiger partial charge in [-0.1, -0.05) is 20.8 Å². The van der Waals surface area contributed by atoms with E-state index in [9.17, 15) is 4.79 Å². The van der Waals surface area contributed by atoms with Crippen molar-refractivity contribution in [3.05, 3.63) is 30.0 Å². The quantitative estimate of drug-likeness (QED) is 0.782. The maximum atomic E-state index is 12.6. The molecular formula is C16H21NO2. The van der Waals surface area contributed by atoms with Gasteiger partial charge in [0.25, 0.3) is 0 Å². The molecule has 1 aromatic heterocycles. The number of fused-ring (bicyclic) bond motifs is 1. The van der Waals surface area contributed by atoms with E-state index in [0.717, 1.165) is 28.8 Å². The molecule has 2 rings (SSSR count). The molecular weight excluding hydrogens is 238 g/mol. The van der Waals surface area contributed by atoms with Crippen molar-refractivity contribution in [2.24, 2.45) is 12.5 Å². The number of hydrogen-bond donors (Lipinski definition) is 0. The van der Waals surface area contributed by atoms with Crippen molar-refractivity contribution in [1.29, 1.82) is 0 Å². The van der Waals surface area contributed by atoms with Gasteiger partial charge in [-0.05, 0) is 30.7 Å². The molecule has 0 amide bonds. The van der Waals surface area contributed by atoms with Crippen LogP contribution < -0.4 is 4.74 Å². The number of benzene rings is 1. The average molecular weight is 259 g/mol. The summed E-state index contributed by atoms with van der Waals surface area (Å²) < 4.78 is 7.19. The molecule has 0 aliphatic carbocycles. The van der Waals surface area contributed by atoms with Crippen molar-refractivity contribution in [3.63, 3.8) is 0 Å². The van der Waals surface area contributed by atoms with Crippen LogP contribution >= 0.6 is 0 Å². The lowest BCUT2D eigenvalue weighted by atomic mass is 9.84. The van der Waals surface area contributed by atoms with Gasteiger partial charge in [0.15, 0.2) is 5.78 Å². The molecule has 0 atom stereocenters. The Bertz CT molecular complexity index is 623. The fourth-order valence-electron chi connectivity index (χ4n) is 2.18. The third-order valence-electron chi connectivity index (χ3n) is 3.98. The second kappa shape index (κ2) is 4.72. The van der Waals surface area contributed by atoms with E-state index in [2.05, 4.69) is 0 Å². The molecule has 1 heterocycles. The number of nitrogens with zero attached hydrogens (tertiary/aromatic N) is 1. The lowest BCUT2D eigenvalue weighted by Gasteiger charge is -2.21. The number of aromatic nitrogens is 1. The van der Waals surface area contributed by atoms with Crippen molar-refractivity contribution in [1.82, 2.24) is 4.57 Å². The van der Waals surface area contributed by atoms with Crippen molar-refractivity contribution in [2.75, 3.05) is 7.11 Å². The van der Waals surface area contributed by atoms with Crippen LogP contribution in [0.2, 0.25) is 0 Å². The van der Waals surface area contributed by atoms with Gasteiger partial charge >= 0.3 is 0 Å². The van der Waals surface area contributed by atoms with Gasteiger partial charge in [0.1, 0.15) is 5.75 Å². The third-order valence-corrected chi connectivity index (χ3v) is 3.98. The molecule has 0 N–H and O–H groups in total. The average Bonchev–Trinajstić information content (AvgIpc) is 2.74. The summed E-state index contributed by atoms with van der Waals surface area (Å²) in [6.45, 7) is 6.03. The molecule has 0 radical (unpaired) electrons. The SMILES string of the molecule is CCC(C)(C)C(=O)c1cc2cc(OC)ccc2n1C. The van der Waals surface area contributed by atoms with Crippen LogP contribution in [0.1, 0.15) is 37.7 Å². The lowest BCUT2D eigenvalue weighted by Crippen LogP contribution is -2.25. The Morgan fingerprint density at radius 3 is 2.58 bits per heavy atom. The Balaban J connectivity index is 2.56. The minimum Gasteiger partial charge on any atom is -0.497 e. The molecule has 0 saturated heterocycles. The van der Waals surface area contributed by atoms with E-state index in [-0.39, 0.29) is 11.2 Å². The van der Waals surface area contributed by atoms with Crippen molar-refractivity contribution < 1.29 is 9.53 Å². The van der Waals surface area contributed by atoms with Gasteiger partial charge in [0, 0.05) is 23.4 Å². The van der Waals surface area contributed by atoms with Crippen molar-refractivity contribution >= 4 is 16.7 Å². The summed E-state index contributed by atoms with van der Waals surface area (Å²) in [6, 6.07) is 7.83. The first-order chi connectivity index (χ1) is 8.90. The number of methoxy groups -OCH3 is 1. The summed E-state index contributed by atoms with van der Waals surface area (Å²) in [5, 5.41) is 1.04. The largest absolute Gasteiger partial charge is 0.497 e. The molecule has 3 nitrogen and oxygen atoms in total. The molecule has 19 heavy (non-hydrogen) atoms. The number of aryl methyl sites for hydroxylation is 1. The summed E-state index contributed by atoms with van der Waals surface area (Å²) in [5.41, 5.74) is 1.48. The number of ether oxygens (including phenoxy) is 1. The highest BCUT2D eigenvalue weighted by atomic mass is 16.5. The van der Waals surface area contributed by atoms with Crippen molar-refractivity contribution in [2.45, 2.75) is 27.2 Å². The Morgan fingerprint density at radius 2 is 2.00 bits per heavy atom. The monoisotopic (exact) mass is 259 g/mol. The number of ketones is 1. The topological polar surface area (TPSA) is 31.2 Å². The molecule has 0 spiro atoms. The van der Waals surface area contributed by atoms with Gasteiger partial charge in [-0.15, -0.1) is 0 Å². The number of carbonyl (C=O) groups excluding carboxylic acids is 1. The molecule has 2 aromatic rings. The highest BCUT2D eigenvalue weighted by molar-refractivity contribution is 6.03. The second-order valence-corrected chi connectivity index (χ2v) is 5.58. The van der Waals surface area contributed by atoms with E-state index in [0.29, 0.717) is 0 Å². The van der Waals surface area contributed by atoms with Gasteiger partial charge in [-0.3, -0.25) is 4.79 Å². The van der Waals surface area contributed by atoms with E-state index in [1.54, 1.807) is 7.11 Å². The predicted octanol–water partition coefficient (Wildman–Crippen LogP) is 3.81. The normalized spacial score (nSPS) is 11.8. The Morgan fingerprint density at radius 1 is 1.32 bits per heavy atom. The molecule has 0 bridgehead atoms. The highest BCUT2D eigenvalue weighted by Crippen LogP contribution is 2.30. The predicted molar refractivity (Wildman–Crippen MR) is 77.9 cm³/mol. The zero-order valence-corrected chi connectivity index (χ0v) is 12.3. The van der Waals surface area contributed by atoms with Gasteiger partial charge < -0.3 is 9.30 Å².